The first kappa shape index (κ1) is 13.1. The van der Waals surface area contributed by atoms with Crippen molar-refractivity contribution >= 4 is 5.97 Å². The minimum absolute atomic E-state index is 0.166. The summed E-state index contributed by atoms with van der Waals surface area (Å²) < 4.78 is 19.1. The Kier molecular flexibility index (Phi) is 3.51. The van der Waals surface area contributed by atoms with Crippen molar-refractivity contribution in [3.63, 3.8) is 0 Å². The highest BCUT2D eigenvalue weighted by molar-refractivity contribution is 5.89. The van der Waals surface area contributed by atoms with E-state index in [9.17, 15) is 9.18 Å². The van der Waals surface area contributed by atoms with E-state index in [0.29, 0.717) is 16.7 Å². The minimum Gasteiger partial charge on any atom is -0.494 e. The molecule has 98 valence electrons. The highest BCUT2D eigenvalue weighted by Crippen LogP contribution is 2.31. The molecule has 0 aliphatic carbocycles. The number of methoxy groups -OCH3 is 1. The lowest BCUT2D eigenvalue weighted by Crippen LogP contribution is -1.98. The number of aryl methyl sites for hydroxylation is 1. The van der Waals surface area contributed by atoms with Gasteiger partial charge in [-0.05, 0) is 36.2 Å². The lowest BCUT2D eigenvalue weighted by atomic mass is 9.98. The number of carboxylic acids is 1. The molecule has 0 unspecified atom stereocenters. The molecule has 0 aliphatic rings. The van der Waals surface area contributed by atoms with Crippen LogP contribution in [0.4, 0.5) is 4.39 Å². The van der Waals surface area contributed by atoms with Crippen LogP contribution in [0.2, 0.25) is 0 Å². The molecule has 0 amide bonds. The van der Waals surface area contributed by atoms with Gasteiger partial charge in [-0.3, -0.25) is 0 Å². The van der Waals surface area contributed by atoms with Crippen LogP contribution in [-0.4, -0.2) is 18.2 Å². The summed E-state index contributed by atoms with van der Waals surface area (Å²) in [6.07, 6.45) is 0. The molecule has 0 aliphatic heterocycles. The highest BCUT2D eigenvalue weighted by Gasteiger charge is 2.13. The number of carboxylic acid groups (broad SMARTS) is 1. The molecule has 2 aromatic carbocycles. The average molecular weight is 260 g/mol. The Labute approximate surface area is 110 Å². The number of halogens is 1. The van der Waals surface area contributed by atoms with Gasteiger partial charge in [0.05, 0.1) is 12.7 Å². The van der Waals surface area contributed by atoms with E-state index in [0.717, 1.165) is 0 Å². The molecule has 0 spiro atoms. The molecule has 19 heavy (non-hydrogen) atoms. The van der Waals surface area contributed by atoms with Crippen LogP contribution in [0.25, 0.3) is 11.1 Å². The SMILES string of the molecule is COc1cccc(-c2ccc(C(=O)O)cc2C)c1F. The number of aromatic carboxylic acids is 1. The highest BCUT2D eigenvalue weighted by atomic mass is 19.1. The Morgan fingerprint density at radius 1 is 1.21 bits per heavy atom. The molecule has 0 saturated carbocycles. The minimum atomic E-state index is -0.999. The first-order valence-corrected chi connectivity index (χ1v) is 5.71. The van der Waals surface area contributed by atoms with Crippen LogP contribution < -0.4 is 4.74 Å². The molecule has 2 aromatic rings. The van der Waals surface area contributed by atoms with Crippen molar-refractivity contribution in [2.45, 2.75) is 6.92 Å². The van der Waals surface area contributed by atoms with Crippen molar-refractivity contribution in [1.29, 1.82) is 0 Å². The molecule has 0 fully saturated rings. The number of hydrogen-bond acceptors (Lipinski definition) is 2. The smallest absolute Gasteiger partial charge is 0.335 e. The Morgan fingerprint density at radius 2 is 1.95 bits per heavy atom. The third kappa shape index (κ3) is 2.42. The van der Waals surface area contributed by atoms with Crippen LogP contribution >= 0.6 is 0 Å². The van der Waals surface area contributed by atoms with E-state index in [1.807, 2.05) is 0 Å². The largest absolute Gasteiger partial charge is 0.494 e. The summed E-state index contributed by atoms with van der Waals surface area (Å²) in [6.45, 7) is 1.75. The van der Waals surface area contributed by atoms with Gasteiger partial charge < -0.3 is 9.84 Å². The Morgan fingerprint density at radius 3 is 2.53 bits per heavy atom. The first-order valence-electron chi connectivity index (χ1n) is 5.71. The van der Waals surface area contributed by atoms with Crippen LogP contribution in [0, 0.1) is 12.7 Å². The monoisotopic (exact) mass is 260 g/mol. The van der Waals surface area contributed by atoms with Gasteiger partial charge in [-0.2, -0.15) is 0 Å². The van der Waals surface area contributed by atoms with E-state index in [1.54, 1.807) is 31.2 Å². The summed E-state index contributed by atoms with van der Waals surface area (Å²) in [4.78, 5) is 10.9. The zero-order chi connectivity index (χ0) is 14.0. The van der Waals surface area contributed by atoms with Crippen molar-refractivity contribution in [3.8, 4) is 16.9 Å². The van der Waals surface area contributed by atoms with Gasteiger partial charge in [0.15, 0.2) is 11.6 Å². The summed E-state index contributed by atoms with van der Waals surface area (Å²) in [7, 11) is 1.41. The predicted molar refractivity (Wildman–Crippen MR) is 70.1 cm³/mol. The van der Waals surface area contributed by atoms with Gasteiger partial charge in [0.25, 0.3) is 0 Å². The Balaban J connectivity index is 2.57. The molecule has 0 heterocycles. The zero-order valence-electron chi connectivity index (χ0n) is 10.6. The molecule has 0 aromatic heterocycles. The van der Waals surface area contributed by atoms with Crippen LogP contribution in [0.3, 0.4) is 0 Å². The Hall–Kier alpha value is -2.36. The average Bonchev–Trinajstić information content (AvgIpc) is 2.39. The van der Waals surface area contributed by atoms with Gasteiger partial charge in [-0.25, -0.2) is 9.18 Å². The van der Waals surface area contributed by atoms with Crippen molar-refractivity contribution in [2.75, 3.05) is 7.11 Å². The van der Waals surface area contributed by atoms with Crippen LogP contribution in [0.15, 0.2) is 36.4 Å². The van der Waals surface area contributed by atoms with Gasteiger partial charge in [-0.15, -0.1) is 0 Å². The molecular weight excluding hydrogens is 247 g/mol. The van der Waals surface area contributed by atoms with Crippen LogP contribution in [0.5, 0.6) is 5.75 Å². The van der Waals surface area contributed by atoms with Gasteiger partial charge in [0.1, 0.15) is 0 Å². The summed E-state index contributed by atoms with van der Waals surface area (Å²) in [6, 6.07) is 9.47. The fourth-order valence-electron chi connectivity index (χ4n) is 1.98. The van der Waals surface area contributed by atoms with Crippen molar-refractivity contribution in [2.24, 2.45) is 0 Å². The standard InChI is InChI=1S/C15H13FO3/c1-9-8-10(15(17)18)6-7-11(9)12-4-3-5-13(19-2)14(12)16/h3-8H,1-2H3,(H,17,18). The molecule has 0 radical (unpaired) electrons. The second-order valence-electron chi connectivity index (χ2n) is 4.16. The van der Waals surface area contributed by atoms with Crippen molar-refractivity contribution in [3.05, 3.63) is 53.3 Å². The summed E-state index contributed by atoms with van der Waals surface area (Å²) in [5, 5.41) is 8.91. The number of hydrogen-bond donors (Lipinski definition) is 1. The Bertz CT molecular complexity index is 635. The quantitative estimate of drug-likeness (QED) is 0.918. The van der Waals surface area contributed by atoms with Gasteiger partial charge in [0, 0.05) is 5.56 Å². The molecule has 1 N–H and O–H groups in total. The normalized spacial score (nSPS) is 10.3. The van der Waals surface area contributed by atoms with Crippen molar-refractivity contribution in [1.82, 2.24) is 0 Å². The molecule has 0 bridgehead atoms. The summed E-state index contributed by atoms with van der Waals surface area (Å²) in [5.41, 5.74) is 1.94. The zero-order valence-corrected chi connectivity index (χ0v) is 10.6. The maximum absolute atomic E-state index is 14.2. The van der Waals surface area contributed by atoms with Crippen LogP contribution in [-0.2, 0) is 0 Å². The van der Waals surface area contributed by atoms with Gasteiger partial charge >= 0.3 is 5.97 Å². The molecular formula is C15H13FO3. The molecule has 0 saturated heterocycles. The lowest BCUT2D eigenvalue weighted by molar-refractivity contribution is 0.0697. The summed E-state index contributed by atoms with van der Waals surface area (Å²) >= 11 is 0. The molecule has 2 rings (SSSR count). The molecule has 3 nitrogen and oxygen atoms in total. The number of rotatable bonds is 3. The van der Waals surface area contributed by atoms with Crippen molar-refractivity contribution < 1.29 is 19.0 Å². The van der Waals surface area contributed by atoms with E-state index < -0.39 is 11.8 Å². The second-order valence-corrected chi connectivity index (χ2v) is 4.16. The number of ether oxygens (including phenoxy) is 1. The first-order chi connectivity index (χ1) is 9.04. The van der Waals surface area contributed by atoms with E-state index in [-0.39, 0.29) is 11.3 Å². The predicted octanol–water partition coefficient (Wildman–Crippen LogP) is 3.51. The maximum Gasteiger partial charge on any atom is 0.335 e. The fraction of sp³-hybridized carbons (Fsp3) is 0.133. The lowest BCUT2D eigenvalue weighted by Gasteiger charge is -2.10. The van der Waals surface area contributed by atoms with Gasteiger partial charge in [-0.1, -0.05) is 18.2 Å². The van der Waals surface area contributed by atoms with E-state index in [1.165, 1.54) is 19.2 Å². The van der Waals surface area contributed by atoms with Gasteiger partial charge in [0.2, 0.25) is 0 Å². The van der Waals surface area contributed by atoms with Crippen LogP contribution in [0.1, 0.15) is 15.9 Å². The number of carbonyl (C=O) groups is 1. The molecule has 0 atom stereocenters. The maximum atomic E-state index is 14.2. The third-order valence-electron chi connectivity index (χ3n) is 2.95. The number of benzene rings is 2. The molecule has 4 heteroatoms. The fourth-order valence-corrected chi connectivity index (χ4v) is 1.98. The topological polar surface area (TPSA) is 46.5 Å². The second kappa shape index (κ2) is 5.10. The summed E-state index contributed by atoms with van der Waals surface area (Å²) in [5.74, 6) is -1.28. The third-order valence-corrected chi connectivity index (χ3v) is 2.95. The van der Waals surface area contributed by atoms with E-state index >= 15 is 0 Å². The van der Waals surface area contributed by atoms with E-state index in [4.69, 9.17) is 9.84 Å². The van der Waals surface area contributed by atoms with E-state index in [2.05, 4.69) is 0 Å².